The van der Waals surface area contributed by atoms with Gasteiger partial charge in [-0.2, -0.15) is 0 Å². The van der Waals surface area contributed by atoms with Crippen molar-refractivity contribution in [3.63, 3.8) is 0 Å². The average molecular weight is 704 g/mol. The number of nitrogens with zero attached hydrogens (tertiary/aromatic N) is 3. The Hall–Kier alpha value is -7.43. The van der Waals surface area contributed by atoms with Crippen molar-refractivity contribution in [1.82, 2.24) is 15.0 Å². The Morgan fingerprint density at radius 2 is 0.691 bits per heavy atom. The van der Waals surface area contributed by atoms with Crippen LogP contribution in [-0.4, -0.2) is 15.0 Å². The molecule has 4 heteroatoms. The minimum absolute atomic E-state index is 0.601. The predicted molar refractivity (Wildman–Crippen MR) is 225 cm³/mol. The highest BCUT2D eigenvalue weighted by molar-refractivity contribution is 6.12. The molecular weight excluding hydrogens is 671 g/mol. The summed E-state index contributed by atoms with van der Waals surface area (Å²) in [6.45, 7) is 0. The number of hydrogen-bond acceptors (Lipinski definition) is 4. The van der Waals surface area contributed by atoms with E-state index in [2.05, 4.69) is 127 Å². The standard InChI is InChI=1S/C51H33N3O/c1-4-13-34(14-5-1)35-23-27-37(28-24-35)42-19-10-11-20-43(42)38-29-25-36(26-30-38)41-31-32-46-45(33-41)48-44(21-12-22-47(48)55-46)51-53-49(39-15-6-2-7-16-39)52-50(54-51)40-17-8-3-9-18-40/h1-33H. The summed E-state index contributed by atoms with van der Waals surface area (Å²) in [7, 11) is 0. The van der Waals surface area contributed by atoms with Crippen molar-refractivity contribution in [2.24, 2.45) is 0 Å². The van der Waals surface area contributed by atoms with Gasteiger partial charge < -0.3 is 4.42 Å². The molecule has 0 fully saturated rings. The highest BCUT2D eigenvalue weighted by atomic mass is 16.3. The van der Waals surface area contributed by atoms with Crippen LogP contribution >= 0.6 is 0 Å². The van der Waals surface area contributed by atoms with Crippen molar-refractivity contribution < 1.29 is 4.42 Å². The van der Waals surface area contributed by atoms with E-state index in [-0.39, 0.29) is 0 Å². The van der Waals surface area contributed by atoms with E-state index in [4.69, 9.17) is 19.4 Å². The minimum Gasteiger partial charge on any atom is -0.456 e. The second-order valence-electron chi connectivity index (χ2n) is 13.6. The van der Waals surface area contributed by atoms with Gasteiger partial charge >= 0.3 is 0 Å². The fourth-order valence-corrected chi connectivity index (χ4v) is 7.42. The molecule has 0 unspecified atom stereocenters. The summed E-state index contributed by atoms with van der Waals surface area (Å²) in [5.74, 6) is 1.85. The predicted octanol–water partition coefficient (Wildman–Crippen LogP) is 13.4. The molecular formula is C51H33N3O. The summed E-state index contributed by atoms with van der Waals surface area (Å²) >= 11 is 0. The van der Waals surface area contributed by atoms with Gasteiger partial charge in [-0.05, 0) is 62.7 Å². The lowest BCUT2D eigenvalue weighted by Crippen LogP contribution is -2.00. The van der Waals surface area contributed by atoms with Crippen LogP contribution in [-0.2, 0) is 0 Å². The molecule has 0 aliphatic carbocycles. The zero-order valence-electron chi connectivity index (χ0n) is 29.8. The third-order valence-corrected chi connectivity index (χ3v) is 10.2. The molecule has 0 aliphatic heterocycles. The number of benzene rings is 8. The molecule has 258 valence electrons. The largest absolute Gasteiger partial charge is 0.456 e. The third-order valence-electron chi connectivity index (χ3n) is 10.2. The lowest BCUT2D eigenvalue weighted by atomic mass is 9.92. The number of rotatable bonds is 7. The number of hydrogen-bond donors (Lipinski definition) is 0. The second kappa shape index (κ2) is 13.8. The second-order valence-corrected chi connectivity index (χ2v) is 13.6. The van der Waals surface area contributed by atoms with E-state index in [1.54, 1.807) is 0 Å². The molecule has 0 N–H and O–H groups in total. The molecule has 0 atom stereocenters. The van der Waals surface area contributed by atoms with E-state index in [1.165, 1.54) is 33.4 Å². The van der Waals surface area contributed by atoms with Crippen molar-refractivity contribution in [3.8, 4) is 78.7 Å². The molecule has 0 amide bonds. The first-order chi connectivity index (χ1) is 27.2. The topological polar surface area (TPSA) is 51.8 Å². The van der Waals surface area contributed by atoms with Crippen LogP contribution in [0, 0.1) is 0 Å². The Balaban J connectivity index is 1.03. The van der Waals surface area contributed by atoms with Crippen molar-refractivity contribution >= 4 is 21.9 Å². The zero-order chi connectivity index (χ0) is 36.6. The van der Waals surface area contributed by atoms with Crippen molar-refractivity contribution in [2.45, 2.75) is 0 Å². The van der Waals surface area contributed by atoms with Gasteiger partial charge in [0.25, 0.3) is 0 Å². The number of furan rings is 1. The molecule has 2 aromatic heterocycles. The van der Waals surface area contributed by atoms with Crippen LogP contribution in [0.25, 0.3) is 101 Å². The van der Waals surface area contributed by atoms with Crippen LogP contribution in [0.15, 0.2) is 205 Å². The van der Waals surface area contributed by atoms with E-state index >= 15 is 0 Å². The maximum Gasteiger partial charge on any atom is 0.164 e. The van der Waals surface area contributed by atoms with Gasteiger partial charge in [0.1, 0.15) is 11.2 Å². The first kappa shape index (κ1) is 32.2. The van der Waals surface area contributed by atoms with E-state index in [0.717, 1.165) is 49.8 Å². The van der Waals surface area contributed by atoms with E-state index in [1.807, 2.05) is 72.8 Å². The van der Waals surface area contributed by atoms with Gasteiger partial charge in [-0.15, -0.1) is 0 Å². The van der Waals surface area contributed by atoms with Crippen molar-refractivity contribution in [1.29, 1.82) is 0 Å². The first-order valence-electron chi connectivity index (χ1n) is 18.4. The summed E-state index contributed by atoms with van der Waals surface area (Å²) in [5.41, 5.74) is 13.8. The van der Waals surface area contributed by atoms with Crippen LogP contribution in [0.4, 0.5) is 0 Å². The third kappa shape index (κ3) is 6.16. The fourth-order valence-electron chi connectivity index (χ4n) is 7.42. The lowest BCUT2D eigenvalue weighted by Gasteiger charge is -2.12. The smallest absolute Gasteiger partial charge is 0.164 e. The fraction of sp³-hybridized carbons (Fsp3) is 0. The van der Waals surface area contributed by atoms with Gasteiger partial charge in [-0.25, -0.2) is 15.0 Å². The van der Waals surface area contributed by atoms with Gasteiger partial charge in [0.2, 0.25) is 0 Å². The number of fused-ring (bicyclic) bond motifs is 3. The van der Waals surface area contributed by atoms with E-state index in [9.17, 15) is 0 Å². The molecule has 10 rings (SSSR count). The quantitative estimate of drug-likeness (QED) is 0.166. The Morgan fingerprint density at radius 1 is 0.273 bits per heavy atom. The van der Waals surface area contributed by atoms with Crippen molar-refractivity contribution in [3.05, 3.63) is 200 Å². The van der Waals surface area contributed by atoms with Crippen LogP contribution < -0.4 is 0 Å². The monoisotopic (exact) mass is 703 g/mol. The van der Waals surface area contributed by atoms with Gasteiger partial charge in [0.15, 0.2) is 17.5 Å². The minimum atomic E-state index is 0.601. The van der Waals surface area contributed by atoms with E-state index < -0.39 is 0 Å². The molecule has 0 saturated carbocycles. The Kier molecular flexibility index (Phi) is 8.12. The molecule has 2 heterocycles. The average Bonchev–Trinajstić information content (AvgIpc) is 3.66. The van der Waals surface area contributed by atoms with Crippen LogP contribution in [0.3, 0.4) is 0 Å². The molecule has 55 heavy (non-hydrogen) atoms. The maximum atomic E-state index is 6.43. The highest BCUT2D eigenvalue weighted by Gasteiger charge is 2.18. The van der Waals surface area contributed by atoms with Crippen molar-refractivity contribution in [2.75, 3.05) is 0 Å². The SMILES string of the molecule is c1ccc(-c2ccc(-c3ccccc3-c3ccc(-c4ccc5oc6cccc(-c7nc(-c8ccccc8)nc(-c8ccccc8)n7)c6c5c4)cc3)cc2)cc1. The molecule has 0 radical (unpaired) electrons. The number of aromatic nitrogens is 3. The molecule has 0 saturated heterocycles. The molecule has 0 bridgehead atoms. The molecule has 0 spiro atoms. The first-order valence-corrected chi connectivity index (χ1v) is 18.4. The molecule has 10 aromatic rings. The van der Waals surface area contributed by atoms with Gasteiger partial charge in [-0.3, -0.25) is 0 Å². The maximum absolute atomic E-state index is 6.43. The Bertz CT molecular complexity index is 2880. The summed E-state index contributed by atoms with van der Waals surface area (Å²) in [4.78, 5) is 15.0. The highest BCUT2D eigenvalue weighted by Crippen LogP contribution is 2.39. The van der Waals surface area contributed by atoms with Crippen LogP contribution in [0.2, 0.25) is 0 Å². The van der Waals surface area contributed by atoms with Crippen LogP contribution in [0.5, 0.6) is 0 Å². The van der Waals surface area contributed by atoms with Gasteiger partial charge in [-0.1, -0.05) is 182 Å². The normalized spacial score (nSPS) is 11.3. The van der Waals surface area contributed by atoms with Gasteiger partial charge in [0.05, 0.1) is 0 Å². The molecule has 0 aliphatic rings. The van der Waals surface area contributed by atoms with E-state index in [0.29, 0.717) is 17.5 Å². The molecule has 4 nitrogen and oxygen atoms in total. The summed E-state index contributed by atoms with van der Waals surface area (Å²) < 4.78 is 6.43. The van der Waals surface area contributed by atoms with Gasteiger partial charge in [0, 0.05) is 27.5 Å². The Labute approximate surface area is 319 Å². The summed E-state index contributed by atoms with van der Waals surface area (Å²) in [6.07, 6.45) is 0. The summed E-state index contributed by atoms with van der Waals surface area (Å²) in [5, 5.41) is 1.99. The summed E-state index contributed by atoms with van der Waals surface area (Å²) in [6, 6.07) is 69.5. The van der Waals surface area contributed by atoms with Crippen LogP contribution in [0.1, 0.15) is 0 Å². The zero-order valence-corrected chi connectivity index (χ0v) is 29.8. The molecule has 8 aromatic carbocycles. The Morgan fingerprint density at radius 3 is 1.25 bits per heavy atom. The lowest BCUT2D eigenvalue weighted by molar-refractivity contribution is 0.669.